The van der Waals surface area contributed by atoms with Crippen molar-refractivity contribution in [3.63, 3.8) is 0 Å². The summed E-state index contributed by atoms with van der Waals surface area (Å²) in [6, 6.07) is 4.32. The molecule has 3 N–H and O–H groups in total. The van der Waals surface area contributed by atoms with Crippen molar-refractivity contribution in [3.05, 3.63) is 47.3 Å². The first-order valence-corrected chi connectivity index (χ1v) is 7.95. The summed E-state index contributed by atoms with van der Waals surface area (Å²) >= 11 is 0. The second kappa shape index (κ2) is 6.19. The third kappa shape index (κ3) is 3.19. The van der Waals surface area contributed by atoms with Crippen LogP contribution in [0.4, 0.5) is 14.9 Å². The van der Waals surface area contributed by atoms with Gasteiger partial charge in [0.25, 0.3) is 0 Å². The fraction of sp³-hybridized carbons (Fsp3) is 0.353. The summed E-state index contributed by atoms with van der Waals surface area (Å²) < 4.78 is 21.2. The molecule has 25 heavy (non-hydrogen) atoms. The maximum atomic E-state index is 14.5. The van der Waals surface area contributed by atoms with E-state index in [0.717, 1.165) is 5.69 Å². The van der Waals surface area contributed by atoms with Gasteiger partial charge in [-0.3, -0.25) is 10.3 Å². The minimum absolute atomic E-state index is 0.251. The number of benzene rings is 1. The first kappa shape index (κ1) is 16.9. The van der Waals surface area contributed by atoms with Crippen LogP contribution < -0.4 is 11.1 Å². The Morgan fingerprint density at radius 1 is 1.52 bits per heavy atom. The first-order valence-electron chi connectivity index (χ1n) is 7.95. The summed E-state index contributed by atoms with van der Waals surface area (Å²) in [5.41, 5.74) is 6.70. The summed E-state index contributed by atoms with van der Waals surface area (Å²) in [4.78, 5) is 20.4. The molecule has 0 aliphatic carbocycles. The lowest BCUT2D eigenvalue weighted by Crippen LogP contribution is -2.37. The molecule has 1 amide bonds. The summed E-state index contributed by atoms with van der Waals surface area (Å²) in [5, 5.41) is 2.57. The number of aromatic nitrogens is 2. The van der Waals surface area contributed by atoms with E-state index in [1.807, 2.05) is 17.7 Å². The Kier molecular flexibility index (Phi) is 4.20. The Balaban J connectivity index is 1.98. The predicted molar refractivity (Wildman–Crippen MR) is 92.1 cm³/mol. The van der Waals surface area contributed by atoms with Gasteiger partial charge in [-0.2, -0.15) is 0 Å². The Hall–Kier alpha value is -2.90. The second-order valence-electron chi connectivity index (χ2n) is 6.14. The number of hydrogen-bond donors (Lipinski definition) is 2. The highest BCUT2D eigenvalue weighted by Crippen LogP contribution is 2.34. The van der Waals surface area contributed by atoms with Crippen LogP contribution in [0.5, 0.6) is 0 Å². The zero-order valence-electron chi connectivity index (χ0n) is 14.3. The van der Waals surface area contributed by atoms with E-state index < -0.39 is 17.4 Å². The maximum Gasteiger partial charge on any atom is 0.411 e. The molecule has 3 rings (SSSR count). The van der Waals surface area contributed by atoms with Gasteiger partial charge in [-0.15, -0.1) is 0 Å². The first-order chi connectivity index (χ1) is 11.8. The van der Waals surface area contributed by atoms with E-state index in [1.54, 1.807) is 19.9 Å². The molecule has 2 heterocycles. The number of hydrogen-bond acceptors (Lipinski definition) is 5. The van der Waals surface area contributed by atoms with Gasteiger partial charge in [-0.25, -0.2) is 14.2 Å². The van der Waals surface area contributed by atoms with Gasteiger partial charge in [0.2, 0.25) is 0 Å². The van der Waals surface area contributed by atoms with E-state index in [-0.39, 0.29) is 12.4 Å². The van der Waals surface area contributed by atoms with Gasteiger partial charge >= 0.3 is 6.09 Å². The van der Waals surface area contributed by atoms with Gasteiger partial charge in [-0.1, -0.05) is 0 Å². The number of aryl methyl sites for hydroxylation is 1. The number of aliphatic imine (C=N–C) groups is 1. The summed E-state index contributed by atoms with van der Waals surface area (Å²) in [6.45, 7) is 6.01. The minimum Gasteiger partial charge on any atom is -0.450 e. The molecule has 0 spiro atoms. The van der Waals surface area contributed by atoms with Crippen molar-refractivity contribution in [2.45, 2.75) is 32.9 Å². The van der Waals surface area contributed by atoms with Crippen molar-refractivity contribution in [2.75, 3.05) is 11.9 Å². The zero-order valence-corrected chi connectivity index (χ0v) is 14.3. The van der Waals surface area contributed by atoms with Gasteiger partial charge in [0.15, 0.2) is 11.7 Å². The van der Waals surface area contributed by atoms with Crippen LogP contribution in [0.1, 0.15) is 30.9 Å². The van der Waals surface area contributed by atoms with Crippen LogP contribution in [0.25, 0.3) is 0 Å². The number of rotatable bonds is 3. The number of imidazole rings is 1. The van der Waals surface area contributed by atoms with E-state index in [1.165, 1.54) is 12.1 Å². The van der Waals surface area contributed by atoms with Crippen LogP contribution >= 0.6 is 0 Å². The van der Waals surface area contributed by atoms with E-state index in [9.17, 15) is 9.18 Å². The van der Waals surface area contributed by atoms with Crippen LogP contribution in [0.2, 0.25) is 0 Å². The van der Waals surface area contributed by atoms with E-state index in [2.05, 4.69) is 15.3 Å². The highest BCUT2D eigenvalue weighted by atomic mass is 19.1. The molecule has 1 aliphatic rings. The molecule has 0 radical (unpaired) electrons. The van der Waals surface area contributed by atoms with Crippen LogP contribution in [0.3, 0.4) is 0 Å². The van der Waals surface area contributed by atoms with Crippen molar-refractivity contribution in [2.24, 2.45) is 10.7 Å². The Bertz CT molecular complexity index is 861. The number of amides is 1. The average molecular weight is 345 g/mol. The van der Waals surface area contributed by atoms with Gasteiger partial charge in [0.1, 0.15) is 11.4 Å². The van der Waals surface area contributed by atoms with E-state index in [4.69, 9.17) is 10.5 Å². The molecule has 0 saturated carbocycles. The van der Waals surface area contributed by atoms with Crippen LogP contribution in [0.15, 0.2) is 29.4 Å². The number of fused-ring (bicyclic) bond motifs is 1. The number of ether oxygens (including phenoxy) is 1. The van der Waals surface area contributed by atoms with Crippen LogP contribution in [-0.4, -0.2) is 28.1 Å². The number of nitrogens with zero attached hydrogens (tertiary/aromatic N) is 3. The molecule has 0 fully saturated rings. The molecule has 7 nitrogen and oxygen atoms in total. The smallest absolute Gasteiger partial charge is 0.411 e. The topological polar surface area (TPSA) is 94.5 Å². The van der Waals surface area contributed by atoms with Crippen molar-refractivity contribution < 1.29 is 13.9 Å². The number of carbonyl (C=O) groups excluding carboxylic acids is 1. The largest absolute Gasteiger partial charge is 0.450 e. The number of carbonyl (C=O) groups is 1. The highest BCUT2D eigenvalue weighted by molar-refractivity contribution is 5.95. The fourth-order valence-electron chi connectivity index (χ4n) is 3.00. The number of nitrogens with two attached hydrogens (primary N) is 1. The van der Waals surface area contributed by atoms with Crippen molar-refractivity contribution >= 4 is 17.6 Å². The normalized spacial score (nSPS) is 19.1. The summed E-state index contributed by atoms with van der Waals surface area (Å²) in [5.74, 6) is 0.412. The number of halogens is 1. The fourth-order valence-corrected chi connectivity index (χ4v) is 3.00. The lowest BCUT2D eigenvalue weighted by atomic mass is 9.90. The molecule has 0 bridgehead atoms. The highest BCUT2D eigenvalue weighted by Gasteiger charge is 2.35. The number of nitrogens with one attached hydrogen (secondary N) is 1. The van der Waals surface area contributed by atoms with Crippen molar-refractivity contribution in [1.82, 2.24) is 9.55 Å². The SMILES string of the molecule is CCOC(=O)Nc1ccc(F)c(C2(C)Cn3cc(C)nc3C(N)=N2)c1. The van der Waals surface area contributed by atoms with Crippen LogP contribution in [0, 0.1) is 12.7 Å². The van der Waals surface area contributed by atoms with Crippen molar-refractivity contribution in [3.8, 4) is 0 Å². The van der Waals surface area contributed by atoms with E-state index >= 15 is 0 Å². The molecule has 2 aromatic rings. The molecule has 132 valence electrons. The Labute approximate surface area is 144 Å². The van der Waals surface area contributed by atoms with Gasteiger partial charge in [-0.05, 0) is 39.0 Å². The van der Waals surface area contributed by atoms with Crippen LogP contribution in [-0.2, 0) is 16.8 Å². The quantitative estimate of drug-likeness (QED) is 0.894. The molecular formula is C17H20FN5O2. The Morgan fingerprint density at radius 3 is 3.00 bits per heavy atom. The molecule has 0 saturated heterocycles. The molecule has 1 aromatic carbocycles. The number of anilines is 1. The molecule has 1 aromatic heterocycles. The average Bonchev–Trinajstić information content (AvgIpc) is 2.90. The van der Waals surface area contributed by atoms with Gasteiger partial charge in [0.05, 0.1) is 18.8 Å². The monoisotopic (exact) mass is 345 g/mol. The molecule has 1 atom stereocenters. The predicted octanol–water partition coefficient (Wildman–Crippen LogP) is 2.53. The third-order valence-corrected chi connectivity index (χ3v) is 4.04. The minimum atomic E-state index is -0.916. The summed E-state index contributed by atoms with van der Waals surface area (Å²) in [6.07, 6.45) is 1.26. The van der Waals surface area contributed by atoms with E-state index in [0.29, 0.717) is 23.6 Å². The lowest BCUT2D eigenvalue weighted by molar-refractivity contribution is 0.168. The van der Waals surface area contributed by atoms with Gasteiger partial charge in [0, 0.05) is 17.4 Å². The molecular weight excluding hydrogens is 325 g/mol. The third-order valence-electron chi connectivity index (χ3n) is 4.04. The number of amidine groups is 1. The lowest BCUT2D eigenvalue weighted by Gasteiger charge is -2.31. The Morgan fingerprint density at radius 2 is 2.28 bits per heavy atom. The zero-order chi connectivity index (χ0) is 18.2. The van der Waals surface area contributed by atoms with Gasteiger partial charge < -0.3 is 15.0 Å². The summed E-state index contributed by atoms with van der Waals surface area (Å²) in [7, 11) is 0. The molecule has 1 unspecified atom stereocenters. The molecule has 1 aliphatic heterocycles. The molecule has 8 heteroatoms. The van der Waals surface area contributed by atoms with Crippen molar-refractivity contribution in [1.29, 1.82) is 0 Å². The maximum absolute atomic E-state index is 14.5. The standard InChI is InChI=1S/C17H20FN5O2/c1-4-25-16(24)21-11-5-6-13(18)12(7-11)17(3)9-23-8-10(2)20-15(23)14(19)22-17/h5-8H,4,9H2,1-3H3,(H2,19,22)(H,21,24). The second-order valence-corrected chi connectivity index (χ2v) is 6.14.